The van der Waals surface area contributed by atoms with Crippen molar-refractivity contribution in [2.75, 3.05) is 51.8 Å². The van der Waals surface area contributed by atoms with E-state index in [1.165, 1.54) is 11.3 Å². The quantitative estimate of drug-likeness (QED) is 0.290. The summed E-state index contributed by atoms with van der Waals surface area (Å²) in [6, 6.07) is 9.74. The number of ether oxygens (including phenoxy) is 1. The monoisotopic (exact) mass is 511 g/mol. The lowest BCUT2D eigenvalue weighted by atomic mass is 10.1. The molecule has 0 radical (unpaired) electrons. The highest BCUT2D eigenvalue weighted by atomic mass is 32.1. The second-order valence-corrected chi connectivity index (χ2v) is 9.43. The zero-order valence-corrected chi connectivity index (χ0v) is 22.2. The zero-order chi connectivity index (χ0) is 26.1. The molecule has 1 saturated heterocycles. The molecular formula is C25H33N7O3S. The van der Waals surface area contributed by atoms with E-state index < -0.39 is 0 Å². The predicted octanol–water partition coefficient (Wildman–Crippen LogP) is 4.00. The summed E-state index contributed by atoms with van der Waals surface area (Å²) in [4.78, 5) is 36.5. The average Bonchev–Trinajstić information content (AvgIpc) is 3.35. The molecule has 0 spiro atoms. The second kappa shape index (κ2) is 13.0. The normalized spacial score (nSPS) is 13.6. The van der Waals surface area contributed by atoms with Crippen LogP contribution in [0, 0.1) is 4.91 Å². The molecule has 10 nitrogen and oxygen atoms in total. The first-order chi connectivity index (χ1) is 17.4. The van der Waals surface area contributed by atoms with Gasteiger partial charge in [-0.2, -0.15) is 10.0 Å². The molecule has 0 unspecified atom stereocenters. The molecule has 3 aromatic rings. The first-order valence-electron chi connectivity index (χ1n) is 11.9. The molecule has 11 heteroatoms. The number of aromatic nitrogens is 2. The number of carbonyl (C=O) groups is 1. The molecule has 1 amide bonds. The number of benzene rings is 1. The number of rotatable bonds is 7. The number of nitrogens with zero attached hydrogens (tertiary/aromatic N) is 6. The van der Waals surface area contributed by atoms with Gasteiger partial charge < -0.3 is 20.0 Å². The minimum Gasteiger partial charge on any atom is -0.378 e. The third-order valence-corrected chi connectivity index (χ3v) is 6.55. The number of nitrogens with one attached hydrogen (secondary N) is 1. The minimum absolute atomic E-state index is 0.00142. The molecule has 3 heterocycles. The molecule has 1 aromatic carbocycles. The molecule has 0 saturated carbocycles. The number of anilines is 1. The largest absolute Gasteiger partial charge is 0.378 e. The van der Waals surface area contributed by atoms with E-state index in [0.29, 0.717) is 30.5 Å². The molecule has 1 aliphatic rings. The zero-order valence-electron chi connectivity index (χ0n) is 21.4. The molecule has 1 fully saturated rings. The van der Waals surface area contributed by atoms with Crippen molar-refractivity contribution in [3.05, 3.63) is 45.7 Å². The van der Waals surface area contributed by atoms with E-state index in [4.69, 9.17) is 14.7 Å². The van der Waals surface area contributed by atoms with Crippen molar-refractivity contribution >= 4 is 39.5 Å². The van der Waals surface area contributed by atoms with Gasteiger partial charge in [-0.1, -0.05) is 29.4 Å². The van der Waals surface area contributed by atoms with Crippen molar-refractivity contribution in [1.82, 2.24) is 20.3 Å². The van der Waals surface area contributed by atoms with Crippen LogP contribution in [0.25, 0.3) is 21.6 Å². The first-order valence-corrected chi connectivity index (χ1v) is 12.7. The standard InChI is InChI=1S/C22H26N6O2S.C3H7NO/c1-4-27(3)22(29)18-13-17-19(31-18)21(28-9-11-30-12-10-28)26-20(25-17)16-8-6-5-7-15(16)14-24-23-2;1-3(2)4-5/h5-8,13-14,23H,4,9-12H2,1-3H3;3H,1-2H3/b24-14-;. The topological polar surface area (TPSA) is 112 Å². The van der Waals surface area contributed by atoms with Gasteiger partial charge in [0.25, 0.3) is 5.91 Å². The van der Waals surface area contributed by atoms with Crippen molar-refractivity contribution in [2.24, 2.45) is 10.3 Å². The lowest BCUT2D eigenvalue weighted by Crippen LogP contribution is -2.36. The number of morpholine rings is 1. The molecule has 1 aliphatic heterocycles. The van der Waals surface area contributed by atoms with Crippen LogP contribution in [0.3, 0.4) is 0 Å². The number of thiophene rings is 1. The van der Waals surface area contributed by atoms with E-state index in [0.717, 1.165) is 40.3 Å². The third-order valence-electron chi connectivity index (χ3n) is 5.44. The summed E-state index contributed by atoms with van der Waals surface area (Å²) in [5.41, 5.74) is 5.38. The Morgan fingerprint density at radius 2 is 1.97 bits per heavy atom. The SMILES string of the molecule is CC(C)N=O.CCN(C)C(=O)c1cc2nc(-c3ccccc3/C=N\NC)nc(N3CCOCC3)c2s1. The Balaban J connectivity index is 0.000000658. The van der Waals surface area contributed by atoms with Crippen LogP contribution in [-0.4, -0.2) is 80.0 Å². The van der Waals surface area contributed by atoms with Gasteiger partial charge in [0.05, 0.1) is 40.6 Å². The molecule has 36 heavy (non-hydrogen) atoms. The first kappa shape index (κ1) is 27.2. The van der Waals surface area contributed by atoms with Crippen molar-refractivity contribution in [3.8, 4) is 11.4 Å². The van der Waals surface area contributed by atoms with Gasteiger partial charge in [0.15, 0.2) is 11.6 Å². The maximum absolute atomic E-state index is 12.8. The fourth-order valence-electron chi connectivity index (χ4n) is 3.41. The van der Waals surface area contributed by atoms with Crippen LogP contribution in [0.4, 0.5) is 5.82 Å². The summed E-state index contributed by atoms with van der Waals surface area (Å²) in [6.07, 6.45) is 1.76. The third kappa shape index (κ3) is 6.61. The Kier molecular flexibility index (Phi) is 9.83. The van der Waals surface area contributed by atoms with Crippen LogP contribution in [-0.2, 0) is 4.74 Å². The van der Waals surface area contributed by atoms with Crippen LogP contribution in [0.1, 0.15) is 36.0 Å². The lowest BCUT2D eigenvalue weighted by Gasteiger charge is -2.28. The number of fused-ring (bicyclic) bond motifs is 1. The van der Waals surface area contributed by atoms with Gasteiger partial charge in [0.2, 0.25) is 0 Å². The van der Waals surface area contributed by atoms with E-state index in [1.807, 2.05) is 44.3 Å². The number of nitroso groups, excluding NO2 is 1. The van der Waals surface area contributed by atoms with Gasteiger partial charge >= 0.3 is 0 Å². The second-order valence-electron chi connectivity index (χ2n) is 8.38. The number of hydrogen-bond donors (Lipinski definition) is 1. The molecular weight excluding hydrogens is 478 g/mol. The molecule has 192 valence electrons. The minimum atomic E-state index is -0.0463. The Morgan fingerprint density at radius 1 is 1.28 bits per heavy atom. The van der Waals surface area contributed by atoms with Crippen LogP contribution in [0.2, 0.25) is 0 Å². The van der Waals surface area contributed by atoms with E-state index >= 15 is 0 Å². The van der Waals surface area contributed by atoms with Crippen molar-refractivity contribution in [1.29, 1.82) is 0 Å². The Morgan fingerprint density at radius 3 is 2.61 bits per heavy atom. The Labute approximate surface area is 215 Å². The molecule has 1 N–H and O–H groups in total. The maximum atomic E-state index is 12.8. The number of hydrogen-bond acceptors (Lipinski definition) is 10. The number of amides is 1. The van der Waals surface area contributed by atoms with Crippen LogP contribution in [0.5, 0.6) is 0 Å². The van der Waals surface area contributed by atoms with Crippen molar-refractivity contribution in [3.63, 3.8) is 0 Å². The Bertz CT molecular complexity index is 1210. The summed E-state index contributed by atoms with van der Waals surface area (Å²) >= 11 is 1.46. The smallest absolute Gasteiger partial charge is 0.263 e. The van der Waals surface area contributed by atoms with Gasteiger partial charge in [-0.15, -0.1) is 11.3 Å². The van der Waals surface area contributed by atoms with Gasteiger partial charge in [-0.3, -0.25) is 4.79 Å². The highest BCUT2D eigenvalue weighted by molar-refractivity contribution is 7.21. The van der Waals surface area contributed by atoms with Crippen LogP contribution in [0.15, 0.2) is 40.6 Å². The van der Waals surface area contributed by atoms with E-state index in [1.54, 1.807) is 32.0 Å². The van der Waals surface area contributed by atoms with E-state index in [9.17, 15) is 9.70 Å². The van der Waals surface area contributed by atoms with Gasteiger partial charge in [0, 0.05) is 44.9 Å². The lowest BCUT2D eigenvalue weighted by molar-refractivity contribution is 0.0807. The summed E-state index contributed by atoms with van der Waals surface area (Å²) in [7, 11) is 3.57. The van der Waals surface area contributed by atoms with E-state index in [2.05, 4.69) is 20.6 Å². The summed E-state index contributed by atoms with van der Waals surface area (Å²) in [5.74, 6) is 1.47. The molecule has 4 rings (SSSR count). The van der Waals surface area contributed by atoms with Crippen LogP contribution < -0.4 is 10.3 Å². The summed E-state index contributed by atoms with van der Waals surface area (Å²) < 4.78 is 6.46. The maximum Gasteiger partial charge on any atom is 0.263 e. The van der Waals surface area contributed by atoms with Gasteiger partial charge in [0.1, 0.15) is 0 Å². The van der Waals surface area contributed by atoms with Gasteiger partial charge in [-0.05, 0) is 26.8 Å². The van der Waals surface area contributed by atoms with E-state index in [-0.39, 0.29) is 11.9 Å². The van der Waals surface area contributed by atoms with Gasteiger partial charge in [-0.25, -0.2) is 9.97 Å². The molecule has 2 aromatic heterocycles. The average molecular weight is 512 g/mol. The fourth-order valence-corrected chi connectivity index (χ4v) is 4.52. The summed E-state index contributed by atoms with van der Waals surface area (Å²) in [5, 5.41) is 6.79. The fraction of sp³-hybridized carbons (Fsp3) is 0.440. The van der Waals surface area contributed by atoms with Crippen molar-refractivity contribution in [2.45, 2.75) is 26.8 Å². The molecule has 0 aliphatic carbocycles. The number of hydrazone groups is 1. The molecule has 0 atom stereocenters. The summed E-state index contributed by atoms with van der Waals surface area (Å²) in [6.45, 7) is 8.92. The highest BCUT2D eigenvalue weighted by Gasteiger charge is 2.23. The highest BCUT2D eigenvalue weighted by Crippen LogP contribution is 2.35. The van der Waals surface area contributed by atoms with Crippen molar-refractivity contribution < 1.29 is 9.53 Å². The Hall–Kier alpha value is -3.44. The molecule has 0 bridgehead atoms. The predicted molar refractivity (Wildman–Crippen MR) is 146 cm³/mol. The number of carbonyl (C=O) groups excluding carboxylic acids is 1. The van der Waals surface area contributed by atoms with Crippen LogP contribution >= 0.6 is 11.3 Å².